The topological polar surface area (TPSA) is 42.2 Å². The maximum absolute atomic E-state index is 5.78. The van der Waals surface area contributed by atoms with Crippen LogP contribution in [0.1, 0.15) is 12.8 Å². The highest BCUT2D eigenvalue weighted by atomic mass is 79.9. The highest BCUT2D eigenvalue weighted by molar-refractivity contribution is 9.10. The molecule has 1 saturated carbocycles. The van der Waals surface area contributed by atoms with Crippen LogP contribution in [0.4, 0.5) is 5.13 Å². The summed E-state index contributed by atoms with van der Waals surface area (Å²) < 4.78 is 0.913. The Morgan fingerprint density at radius 2 is 2.50 bits per heavy atom. The lowest BCUT2D eigenvalue weighted by atomic mass is 10.2. The number of likely N-dealkylation sites (N-methyl/N-ethyl adjacent to an activating group) is 1. The number of nitrogens with zero attached hydrogens (tertiary/aromatic N) is 2. The second-order valence-corrected chi connectivity index (χ2v) is 5.35. The van der Waals surface area contributed by atoms with Gasteiger partial charge in [-0.05, 0) is 34.7 Å². The van der Waals surface area contributed by atoms with Crippen molar-refractivity contribution in [2.24, 2.45) is 11.7 Å². The molecule has 1 atom stereocenters. The maximum Gasteiger partial charge on any atom is 0.186 e. The molecule has 0 spiro atoms. The predicted octanol–water partition coefficient (Wildman–Crippen LogP) is 2.08. The lowest BCUT2D eigenvalue weighted by Gasteiger charge is -2.26. The number of anilines is 1. The molecule has 1 aliphatic carbocycles. The molecule has 0 radical (unpaired) electrons. The summed E-state index contributed by atoms with van der Waals surface area (Å²) in [6.45, 7) is 0.721. The molecular formula is C9H14BrN3S. The molecule has 0 aromatic carbocycles. The standard InChI is InChI=1S/C9H14BrN3S/c1-13(7(4-11)6-2-3-6)9-12-8(10)5-14-9/h5-7H,2-4,11H2,1H3. The molecule has 0 aliphatic heterocycles. The van der Waals surface area contributed by atoms with Crippen molar-refractivity contribution in [2.75, 3.05) is 18.5 Å². The van der Waals surface area contributed by atoms with Gasteiger partial charge in [0, 0.05) is 25.0 Å². The summed E-state index contributed by atoms with van der Waals surface area (Å²) in [7, 11) is 2.08. The molecule has 14 heavy (non-hydrogen) atoms. The van der Waals surface area contributed by atoms with E-state index in [-0.39, 0.29) is 0 Å². The summed E-state index contributed by atoms with van der Waals surface area (Å²) in [4.78, 5) is 6.61. The second kappa shape index (κ2) is 4.16. The van der Waals surface area contributed by atoms with Crippen LogP contribution in [0.5, 0.6) is 0 Å². The quantitative estimate of drug-likeness (QED) is 0.915. The molecule has 78 valence electrons. The van der Waals surface area contributed by atoms with E-state index in [0.29, 0.717) is 6.04 Å². The van der Waals surface area contributed by atoms with E-state index in [1.807, 2.05) is 5.38 Å². The molecule has 2 N–H and O–H groups in total. The minimum absolute atomic E-state index is 0.466. The summed E-state index contributed by atoms with van der Waals surface area (Å²) in [6, 6.07) is 0.466. The predicted molar refractivity (Wildman–Crippen MR) is 63.8 cm³/mol. The molecule has 1 heterocycles. The van der Waals surface area contributed by atoms with Crippen molar-refractivity contribution in [2.45, 2.75) is 18.9 Å². The molecule has 5 heteroatoms. The summed E-state index contributed by atoms with van der Waals surface area (Å²) >= 11 is 5.02. The monoisotopic (exact) mass is 275 g/mol. The van der Waals surface area contributed by atoms with Gasteiger partial charge in [-0.2, -0.15) is 0 Å². The first-order valence-corrected chi connectivity index (χ1v) is 6.43. The minimum atomic E-state index is 0.466. The van der Waals surface area contributed by atoms with Gasteiger partial charge in [0.1, 0.15) is 4.60 Å². The van der Waals surface area contributed by atoms with E-state index in [0.717, 1.165) is 22.2 Å². The molecule has 2 rings (SSSR count). The second-order valence-electron chi connectivity index (χ2n) is 3.70. The average Bonchev–Trinajstić information content (AvgIpc) is 2.90. The first kappa shape index (κ1) is 10.4. The third-order valence-electron chi connectivity index (χ3n) is 2.67. The SMILES string of the molecule is CN(c1nc(Br)cs1)C(CN)C1CC1. The van der Waals surface area contributed by atoms with Crippen molar-refractivity contribution in [3.63, 3.8) is 0 Å². The van der Waals surface area contributed by atoms with Crippen molar-refractivity contribution < 1.29 is 0 Å². The summed E-state index contributed by atoms with van der Waals surface area (Å²) in [5.41, 5.74) is 5.78. The zero-order chi connectivity index (χ0) is 10.1. The molecule has 3 nitrogen and oxygen atoms in total. The highest BCUT2D eigenvalue weighted by Gasteiger charge is 2.33. The van der Waals surface area contributed by atoms with Crippen molar-refractivity contribution >= 4 is 32.4 Å². The van der Waals surface area contributed by atoms with Crippen LogP contribution in [0, 0.1) is 5.92 Å². The van der Waals surface area contributed by atoms with E-state index < -0.39 is 0 Å². The van der Waals surface area contributed by atoms with E-state index in [9.17, 15) is 0 Å². The van der Waals surface area contributed by atoms with Gasteiger partial charge in [0.25, 0.3) is 0 Å². The van der Waals surface area contributed by atoms with Gasteiger partial charge in [-0.3, -0.25) is 0 Å². The van der Waals surface area contributed by atoms with Crippen LogP contribution in [0.25, 0.3) is 0 Å². The van der Waals surface area contributed by atoms with Crippen molar-refractivity contribution in [3.8, 4) is 0 Å². The maximum atomic E-state index is 5.78. The van der Waals surface area contributed by atoms with Crippen LogP contribution >= 0.6 is 27.3 Å². The molecule has 1 aromatic rings. The van der Waals surface area contributed by atoms with Gasteiger partial charge < -0.3 is 10.6 Å². The molecule has 1 aromatic heterocycles. The highest BCUT2D eigenvalue weighted by Crippen LogP contribution is 2.37. The number of thiazole rings is 1. The van der Waals surface area contributed by atoms with Crippen molar-refractivity contribution in [3.05, 3.63) is 9.98 Å². The Balaban J connectivity index is 2.08. The molecule has 1 aliphatic rings. The number of hydrogen-bond donors (Lipinski definition) is 1. The van der Waals surface area contributed by atoms with Gasteiger partial charge in [0.2, 0.25) is 0 Å². The molecule has 0 amide bonds. The smallest absolute Gasteiger partial charge is 0.186 e. The fraction of sp³-hybridized carbons (Fsp3) is 0.667. The van der Waals surface area contributed by atoms with Gasteiger partial charge in [0.15, 0.2) is 5.13 Å². The Labute approximate surface area is 96.4 Å². The Bertz CT molecular complexity index is 311. The Morgan fingerprint density at radius 3 is 2.93 bits per heavy atom. The lowest BCUT2D eigenvalue weighted by molar-refractivity contribution is 0.569. The third kappa shape index (κ3) is 2.10. The van der Waals surface area contributed by atoms with Crippen LogP contribution in [0.3, 0.4) is 0 Å². The fourth-order valence-electron chi connectivity index (χ4n) is 1.70. The van der Waals surface area contributed by atoms with Crippen LogP contribution in [0.15, 0.2) is 9.98 Å². The minimum Gasteiger partial charge on any atom is -0.347 e. The zero-order valence-electron chi connectivity index (χ0n) is 8.11. The third-order valence-corrected chi connectivity index (χ3v) is 4.31. The number of aromatic nitrogens is 1. The van der Waals surface area contributed by atoms with Gasteiger partial charge in [0.05, 0.1) is 0 Å². The fourth-order valence-corrected chi connectivity index (χ4v) is 2.97. The molecule has 0 bridgehead atoms. The molecule has 1 unspecified atom stereocenters. The van der Waals surface area contributed by atoms with Crippen molar-refractivity contribution in [1.82, 2.24) is 4.98 Å². The molecule has 0 saturated heterocycles. The lowest BCUT2D eigenvalue weighted by Crippen LogP contribution is -2.39. The number of hydrogen-bond acceptors (Lipinski definition) is 4. The van der Waals surface area contributed by atoms with E-state index >= 15 is 0 Å². The van der Waals surface area contributed by atoms with Gasteiger partial charge in [-0.15, -0.1) is 11.3 Å². The molecular weight excluding hydrogens is 262 g/mol. The first-order chi connectivity index (χ1) is 6.72. The molecule has 1 fully saturated rings. The normalized spacial score (nSPS) is 18.2. The van der Waals surface area contributed by atoms with Crippen molar-refractivity contribution in [1.29, 1.82) is 0 Å². The van der Waals surface area contributed by atoms with Crippen LogP contribution in [-0.2, 0) is 0 Å². The van der Waals surface area contributed by atoms with Crippen LogP contribution in [0.2, 0.25) is 0 Å². The number of nitrogens with two attached hydrogens (primary N) is 1. The summed E-state index contributed by atoms with van der Waals surface area (Å²) in [5, 5.41) is 3.06. The number of halogens is 1. The zero-order valence-corrected chi connectivity index (χ0v) is 10.5. The van der Waals surface area contributed by atoms with Gasteiger partial charge in [-0.1, -0.05) is 0 Å². The number of rotatable bonds is 4. The van der Waals surface area contributed by atoms with E-state index in [1.165, 1.54) is 12.8 Å². The Kier molecular flexibility index (Phi) is 3.09. The average molecular weight is 276 g/mol. The largest absolute Gasteiger partial charge is 0.347 e. The summed E-state index contributed by atoms with van der Waals surface area (Å²) in [6.07, 6.45) is 2.64. The van der Waals surface area contributed by atoms with Gasteiger partial charge in [-0.25, -0.2) is 4.98 Å². The summed E-state index contributed by atoms with van der Waals surface area (Å²) in [5.74, 6) is 0.785. The Morgan fingerprint density at radius 1 is 1.79 bits per heavy atom. The van der Waals surface area contributed by atoms with E-state index in [1.54, 1.807) is 11.3 Å². The Hall–Kier alpha value is -0.130. The van der Waals surface area contributed by atoms with Crippen LogP contribution < -0.4 is 10.6 Å². The van der Waals surface area contributed by atoms with E-state index in [4.69, 9.17) is 5.73 Å². The first-order valence-electron chi connectivity index (χ1n) is 4.76. The van der Waals surface area contributed by atoms with E-state index in [2.05, 4.69) is 32.9 Å². The van der Waals surface area contributed by atoms with Crippen LogP contribution in [-0.4, -0.2) is 24.6 Å². The van der Waals surface area contributed by atoms with Gasteiger partial charge >= 0.3 is 0 Å².